The zero-order chi connectivity index (χ0) is 20.6. The Hall–Kier alpha value is -2.82. The van der Waals surface area contributed by atoms with Gasteiger partial charge in [-0.3, -0.25) is 0 Å². The van der Waals surface area contributed by atoms with Crippen LogP contribution in [0.5, 0.6) is 5.75 Å². The zero-order valence-electron chi connectivity index (χ0n) is 15.7. The Labute approximate surface area is 175 Å². The van der Waals surface area contributed by atoms with Crippen LogP contribution in [-0.2, 0) is 9.84 Å². The van der Waals surface area contributed by atoms with Gasteiger partial charge in [0.1, 0.15) is 11.0 Å². The molecule has 0 aliphatic carbocycles. The van der Waals surface area contributed by atoms with E-state index >= 15 is 0 Å². The van der Waals surface area contributed by atoms with Gasteiger partial charge in [-0.05, 0) is 53.6 Å². The average molecular weight is 423 g/mol. The first-order valence-electron chi connectivity index (χ1n) is 9.14. The number of phenolic OH excluding ortho intramolecular Hbond substituents is 1. The molecule has 3 nitrogen and oxygen atoms in total. The van der Waals surface area contributed by atoms with Crippen LogP contribution in [0.25, 0.3) is 10.8 Å². The van der Waals surface area contributed by atoms with Crippen molar-refractivity contribution < 1.29 is 13.5 Å². The van der Waals surface area contributed by atoms with E-state index in [2.05, 4.69) is 0 Å². The molecular formula is C24H19ClO3S. The molecule has 4 aromatic carbocycles. The van der Waals surface area contributed by atoms with E-state index in [4.69, 9.17) is 11.6 Å². The molecule has 0 radical (unpaired) electrons. The van der Waals surface area contributed by atoms with Crippen molar-refractivity contribution >= 4 is 32.2 Å². The Kier molecular flexibility index (Phi) is 5.07. The standard InChI is InChI=1S/C24H19ClO3S/c1-16-6-13-20(14-7-16)29(27,28)24(18-8-11-19(25)12-9-18)23-21-5-3-2-4-17(21)10-15-22(23)26/h2-15,24,26H,1H3. The predicted molar refractivity (Wildman–Crippen MR) is 117 cm³/mol. The summed E-state index contributed by atoms with van der Waals surface area (Å²) in [5, 5.41) is 11.8. The fourth-order valence-electron chi connectivity index (χ4n) is 3.56. The van der Waals surface area contributed by atoms with Crippen LogP contribution < -0.4 is 0 Å². The quantitative estimate of drug-likeness (QED) is 0.434. The van der Waals surface area contributed by atoms with Crippen LogP contribution in [0.2, 0.25) is 5.02 Å². The second kappa shape index (κ2) is 7.54. The van der Waals surface area contributed by atoms with Crippen LogP contribution in [0.4, 0.5) is 0 Å². The van der Waals surface area contributed by atoms with Crippen molar-refractivity contribution in [1.29, 1.82) is 0 Å². The Bertz CT molecular complexity index is 1280. The monoisotopic (exact) mass is 422 g/mol. The maximum Gasteiger partial charge on any atom is 0.189 e. The van der Waals surface area contributed by atoms with E-state index in [1.165, 1.54) is 0 Å². The second-order valence-corrected chi connectivity index (χ2v) is 9.48. The fraction of sp³-hybridized carbons (Fsp3) is 0.0833. The van der Waals surface area contributed by atoms with Gasteiger partial charge >= 0.3 is 0 Å². The first-order chi connectivity index (χ1) is 13.9. The normalized spacial score (nSPS) is 12.8. The van der Waals surface area contributed by atoms with Crippen LogP contribution in [-0.4, -0.2) is 13.5 Å². The number of aromatic hydroxyl groups is 1. The van der Waals surface area contributed by atoms with Gasteiger partial charge in [0.25, 0.3) is 0 Å². The molecule has 29 heavy (non-hydrogen) atoms. The highest BCUT2D eigenvalue weighted by Gasteiger charge is 2.34. The van der Waals surface area contributed by atoms with Crippen molar-refractivity contribution in [3.8, 4) is 5.75 Å². The maximum absolute atomic E-state index is 13.8. The molecule has 5 heteroatoms. The first-order valence-corrected chi connectivity index (χ1v) is 11.1. The van der Waals surface area contributed by atoms with Crippen LogP contribution >= 0.6 is 11.6 Å². The van der Waals surface area contributed by atoms with E-state index in [1.54, 1.807) is 60.7 Å². The summed E-state index contributed by atoms with van der Waals surface area (Å²) in [7, 11) is -3.85. The SMILES string of the molecule is Cc1ccc(S(=O)(=O)C(c2ccc(Cl)cc2)c2c(O)ccc3ccccc23)cc1. The Morgan fingerprint density at radius 3 is 2.17 bits per heavy atom. The lowest BCUT2D eigenvalue weighted by molar-refractivity contribution is 0.469. The van der Waals surface area contributed by atoms with E-state index in [1.807, 2.05) is 31.2 Å². The summed E-state index contributed by atoms with van der Waals surface area (Å²) in [6.07, 6.45) is 0. The minimum Gasteiger partial charge on any atom is -0.508 e. The molecule has 146 valence electrons. The minimum absolute atomic E-state index is 0.0562. The molecule has 0 aromatic heterocycles. The Morgan fingerprint density at radius 2 is 1.48 bits per heavy atom. The topological polar surface area (TPSA) is 54.4 Å². The van der Waals surface area contributed by atoms with E-state index in [-0.39, 0.29) is 10.6 Å². The molecule has 0 aliphatic heterocycles. The average Bonchev–Trinajstić information content (AvgIpc) is 2.71. The minimum atomic E-state index is -3.85. The molecule has 0 spiro atoms. The van der Waals surface area contributed by atoms with Gasteiger partial charge < -0.3 is 5.11 Å². The van der Waals surface area contributed by atoms with Gasteiger partial charge in [-0.2, -0.15) is 0 Å². The predicted octanol–water partition coefficient (Wildman–Crippen LogP) is 6.07. The summed E-state index contributed by atoms with van der Waals surface area (Å²) in [5.41, 5.74) is 1.88. The highest BCUT2D eigenvalue weighted by molar-refractivity contribution is 7.92. The zero-order valence-corrected chi connectivity index (χ0v) is 17.3. The van der Waals surface area contributed by atoms with E-state index < -0.39 is 15.1 Å². The third kappa shape index (κ3) is 3.61. The fourth-order valence-corrected chi connectivity index (χ4v) is 5.55. The lowest BCUT2D eigenvalue weighted by atomic mass is 9.97. The van der Waals surface area contributed by atoms with Gasteiger partial charge in [-0.1, -0.05) is 71.8 Å². The number of phenols is 1. The number of hydrogen-bond donors (Lipinski definition) is 1. The molecule has 0 aliphatic rings. The number of rotatable bonds is 4. The van der Waals surface area contributed by atoms with Crippen molar-refractivity contribution in [3.05, 3.63) is 107 Å². The lowest BCUT2D eigenvalue weighted by Gasteiger charge is -2.22. The van der Waals surface area contributed by atoms with Crippen LogP contribution in [0.15, 0.2) is 89.8 Å². The van der Waals surface area contributed by atoms with Crippen molar-refractivity contribution in [2.75, 3.05) is 0 Å². The molecule has 0 saturated heterocycles. The Morgan fingerprint density at radius 1 is 0.828 bits per heavy atom. The van der Waals surface area contributed by atoms with E-state index in [0.717, 1.165) is 10.9 Å². The molecule has 0 heterocycles. The number of halogens is 1. The highest BCUT2D eigenvalue weighted by Crippen LogP contribution is 2.43. The molecule has 4 rings (SSSR count). The number of sulfone groups is 1. The summed E-state index contributed by atoms with van der Waals surface area (Å²) in [6.45, 7) is 1.91. The Balaban J connectivity index is 2.04. The van der Waals surface area contributed by atoms with Crippen LogP contribution in [0.1, 0.15) is 21.9 Å². The molecule has 1 N–H and O–H groups in total. The molecule has 1 atom stereocenters. The van der Waals surface area contributed by atoms with Gasteiger partial charge in [0, 0.05) is 10.6 Å². The summed E-state index contributed by atoms with van der Waals surface area (Å²) >= 11 is 6.04. The van der Waals surface area contributed by atoms with Crippen molar-refractivity contribution in [2.45, 2.75) is 17.1 Å². The summed E-state index contributed by atoms with van der Waals surface area (Å²) in [6, 6.07) is 24.3. The van der Waals surface area contributed by atoms with Gasteiger partial charge in [-0.15, -0.1) is 0 Å². The molecule has 0 saturated carbocycles. The van der Waals surface area contributed by atoms with Crippen molar-refractivity contribution in [3.63, 3.8) is 0 Å². The lowest BCUT2D eigenvalue weighted by Crippen LogP contribution is -2.16. The number of aryl methyl sites for hydroxylation is 1. The largest absolute Gasteiger partial charge is 0.508 e. The van der Waals surface area contributed by atoms with Crippen LogP contribution in [0.3, 0.4) is 0 Å². The second-order valence-electron chi connectivity index (χ2n) is 7.01. The van der Waals surface area contributed by atoms with Gasteiger partial charge in [0.2, 0.25) is 0 Å². The third-order valence-electron chi connectivity index (χ3n) is 5.04. The van der Waals surface area contributed by atoms with E-state index in [0.29, 0.717) is 21.5 Å². The maximum atomic E-state index is 13.8. The third-order valence-corrected chi connectivity index (χ3v) is 7.35. The van der Waals surface area contributed by atoms with Gasteiger partial charge in [0.05, 0.1) is 4.90 Å². The number of hydrogen-bond acceptors (Lipinski definition) is 3. The highest BCUT2D eigenvalue weighted by atomic mass is 35.5. The molecule has 0 fully saturated rings. The van der Waals surface area contributed by atoms with Gasteiger partial charge in [0.15, 0.2) is 9.84 Å². The molecule has 1 unspecified atom stereocenters. The van der Waals surface area contributed by atoms with Gasteiger partial charge in [-0.25, -0.2) is 8.42 Å². The van der Waals surface area contributed by atoms with Crippen LogP contribution in [0, 0.1) is 6.92 Å². The van der Waals surface area contributed by atoms with Crippen molar-refractivity contribution in [1.82, 2.24) is 0 Å². The first kappa shape index (κ1) is 19.5. The number of fused-ring (bicyclic) bond motifs is 1. The summed E-state index contributed by atoms with van der Waals surface area (Å²) in [4.78, 5) is 0.204. The molecule has 4 aromatic rings. The molecule has 0 bridgehead atoms. The number of benzene rings is 4. The van der Waals surface area contributed by atoms with E-state index in [9.17, 15) is 13.5 Å². The smallest absolute Gasteiger partial charge is 0.189 e. The molecule has 0 amide bonds. The summed E-state index contributed by atoms with van der Waals surface area (Å²) < 4.78 is 27.6. The summed E-state index contributed by atoms with van der Waals surface area (Å²) in [5.74, 6) is -0.0562. The van der Waals surface area contributed by atoms with Crippen molar-refractivity contribution in [2.24, 2.45) is 0 Å². The molecular weight excluding hydrogens is 404 g/mol.